The third-order valence-corrected chi connectivity index (χ3v) is 11.9. The summed E-state index contributed by atoms with van der Waals surface area (Å²) in [6.07, 6.45) is 7.86. The Morgan fingerprint density at radius 2 is 1.03 bits per heavy atom. The zero-order valence-corrected chi connectivity index (χ0v) is 36.6. The molecule has 0 spiro atoms. The minimum absolute atomic E-state index is 0.0517. The van der Waals surface area contributed by atoms with Gasteiger partial charge in [0.05, 0.1) is 14.2 Å². The van der Waals surface area contributed by atoms with Gasteiger partial charge >= 0.3 is 6.09 Å². The fourth-order valence-corrected chi connectivity index (χ4v) is 8.32. The Morgan fingerprint density at radius 1 is 0.650 bits per heavy atom. The van der Waals surface area contributed by atoms with Crippen molar-refractivity contribution in [2.24, 2.45) is 11.8 Å². The number of hydrogen-bond acceptors (Lipinski definition) is 8. The largest absolute Gasteiger partial charge is 0.497 e. The molecule has 10 nitrogen and oxygen atoms in total. The number of carbonyl (C=O) groups excluding carboxylic acids is 3. The van der Waals surface area contributed by atoms with Gasteiger partial charge in [-0.15, -0.1) is 0 Å². The van der Waals surface area contributed by atoms with E-state index in [1.165, 1.54) is 0 Å². The molecule has 0 radical (unpaired) electrons. The lowest BCUT2D eigenvalue weighted by Crippen LogP contribution is -2.49. The van der Waals surface area contributed by atoms with Crippen LogP contribution in [0.2, 0.25) is 0 Å². The molecule has 2 N–H and O–H groups in total. The first kappa shape index (κ1) is 49.0. The Kier molecular flexibility index (Phi) is 18.8. The monoisotopic (exact) mass is 868 g/mol. The smallest absolute Gasteiger partial charge is 0.407 e. The molecule has 2 amide bonds. The van der Waals surface area contributed by atoms with Gasteiger partial charge in [-0.2, -0.15) is 0 Å². The number of amides is 2. The Morgan fingerprint density at radius 3 is 1.42 bits per heavy atom. The first-order valence-electron chi connectivity index (χ1n) is 21.3. The van der Waals surface area contributed by atoms with E-state index in [1.54, 1.807) is 62.8 Å². The molecule has 4 aliphatic rings. The SMILES string of the molecule is CC(C)(C)OC(=O)N[C@@H]1CCCC[C@H]1CN1CCC(F)(F)CC1.COc1ccc(C(=O)Cl)cc1.COc1ccc(C(=O)N[C@@H]2CCCC[C@H]2CN2CCC(F)(F)CC2)cc1. The summed E-state index contributed by atoms with van der Waals surface area (Å²) in [5.41, 5.74) is 0.590. The van der Waals surface area contributed by atoms with E-state index in [4.69, 9.17) is 25.8 Å². The summed E-state index contributed by atoms with van der Waals surface area (Å²) in [5, 5.41) is 5.72. The highest BCUT2D eigenvalue weighted by Gasteiger charge is 2.38. The summed E-state index contributed by atoms with van der Waals surface area (Å²) in [6.45, 7) is 8.91. The molecule has 0 aromatic heterocycles. The summed E-state index contributed by atoms with van der Waals surface area (Å²) >= 11 is 5.22. The number of hydrogen-bond donors (Lipinski definition) is 2. The van der Waals surface area contributed by atoms with Crippen LogP contribution in [-0.4, -0.2) is 110 Å². The van der Waals surface area contributed by atoms with Crippen molar-refractivity contribution in [3.8, 4) is 11.5 Å². The van der Waals surface area contributed by atoms with E-state index in [2.05, 4.69) is 20.4 Å². The summed E-state index contributed by atoms with van der Waals surface area (Å²) < 4.78 is 68.6. The highest BCUT2D eigenvalue weighted by molar-refractivity contribution is 6.67. The van der Waals surface area contributed by atoms with Gasteiger partial charge < -0.3 is 34.6 Å². The normalized spacial score (nSPS) is 24.2. The standard InChI is InChI=1S/C20H28F2N2O2.C17H30F2N2O2.C8H7ClO2/c1-26-17-8-6-15(7-9-17)19(25)23-18-5-3-2-4-16(18)14-24-12-10-20(21,22)11-13-24;1-16(2,3)23-15(22)20-14-7-5-4-6-13(14)12-21-10-8-17(18,19)9-11-21;1-11-7-4-2-6(3-5-7)8(9)10/h6-9,16,18H,2-5,10-14H2,1H3,(H,23,25);13-14H,4-12H2,1-3H3,(H,20,22);2-5H,1H3/t16-,18+;13-,14+;/m00./s1. The molecule has 0 bridgehead atoms. The van der Waals surface area contributed by atoms with Crippen molar-refractivity contribution in [1.29, 1.82) is 0 Å². The molecule has 4 fully saturated rings. The minimum atomic E-state index is -2.51. The van der Waals surface area contributed by atoms with Crippen LogP contribution in [0.15, 0.2) is 48.5 Å². The molecule has 2 aliphatic heterocycles. The fraction of sp³-hybridized carbons (Fsp3) is 0.667. The van der Waals surface area contributed by atoms with Crippen molar-refractivity contribution in [3.05, 3.63) is 59.7 Å². The van der Waals surface area contributed by atoms with Crippen LogP contribution in [-0.2, 0) is 4.74 Å². The quantitative estimate of drug-likeness (QED) is 0.180. The average molecular weight is 869 g/mol. The molecular formula is C45H65ClF4N4O6. The van der Waals surface area contributed by atoms with E-state index in [0.29, 0.717) is 54.9 Å². The van der Waals surface area contributed by atoms with Crippen molar-refractivity contribution in [3.63, 3.8) is 0 Å². The van der Waals surface area contributed by atoms with Gasteiger partial charge in [0.1, 0.15) is 17.1 Å². The number of carbonyl (C=O) groups is 3. The molecule has 60 heavy (non-hydrogen) atoms. The predicted molar refractivity (Wildman–Crippen MR) is 226 cm³/mol. The number of likely N-dealkylation sites (tertiary alicyclic amines) is 2. The fourth-order valence-electron chi connectivity index (χ4n) is 8.20. The third kappa shape index (κ3) is 17.0. The number of halogens is 5. The number of nitrogens with zero attached hydrogens (tertiary/aromatic N) is 2. The predicted octanol–water partition coefficient (Wildman–Crippen LogP) is 9.59. The van der Waals surface area contributed by atoms with Gasteiger partial charge in [-0.05, 0) is 118 Å². The van der Waals surface area contributed by atoms with Crippen LogP contribution >= 0.6 is 11.6 Å². The van der Waals surface area contributed by atoms with Crippen LogP contribution in [0.1, 0.15) is 119 Å². The number of nitrogens with one attached hydrogen (secondary N) is 2. The Balaban J connectivity index is 0.000000214. The molecule has 2 aromatic carbocycles. The van der Waals surface area contributed by atoms with Crippen molar-refractivity contribution >= 4 is 28.8 Å². The lowest BCUT2D eigenvalue weighted by Gasteiger charge is -2.38. The van der Waals surface area contributed by atoms with Gasteiger partial charge in [-0.25, -0.2) is 22.4 Å². The Bertz CT molecular complexity index is 1630. The molecule has 2 saturated heterocycles. The highest BCUT2D eigenvalue weighted by Crippen LogP contribution is 2.33. The molecule has 336 valence electrons. The average Bonchev–Trinajstić information content (AvgIpc) is 3.20. The minimum Gasteiger partial charge on any atom is -0.497 e. The maximum Gasteiger partial charge on any atom is 0.407 e. The number of ether oxygens (including phenoxy) is 3. The van der Waals surface area contributed by atoms with Crippen LogP contribution in [0.25, 0.3) is 0 Å². The molecule has 4 atom stereocenters. The molecule has 2 heterocycles. The van der Waals surface area contributed by atoms with Gasteiger partial charge in [0.15, 0.2) is 0 Å². The number of piperidine rings is 2. The molecule has 0 unspecified atom stereocenters. The van der Waals surface area contributed by atoms with Gasteiger partial charge in [0.25, 0.3) is 23.0 Å². The van der Waals surface area contributed by atoms with Gasteiger partial charge in [-0.3, -0.25) is 9.59 Å². The second-order valence-corrected chi connectivity index (χ2v) is 17.8. The van der Waals surface area contributed by atoms with E-state index in [9.17, 15) is 31.9 Å². The van der Waals surface area contributed by atoms with Crippen molar-refractivity contribution < 1.29 is 46.2 Å². The summed E-state index contributed by atoms with van der Waals surface area (Å²) in [7, 11) is 3.16. The van der Waals surface area contributed by atoms with Crippen molar-refractivity contribution in [1.82, 2.24) is 20.4 Å². The number of alkyl halides is 4. The summed E-state index contributed by atoms with van der Waals surface area (Å²) in [6, 6.07) is 13.9. The van der Waals surface area contributed by atoms with Crippen molar-refractivity contribution in [2.45, 2.75) is 127 Å². The molecule has 2 aliphatic carbocycles. The topological polar surface area (TPSA) is 109 Å². The maximum absolute atomic E-state index is 13.4. The summed E-state index contributed by atoms with van der Waals surface area (Å²) in [4.78, 5) is 39.4. The molecule has 15 heteroatoms. The number of rotatable bonds is 10. The third-order valence-electron chi connectivity index (χ3n) is 11.7. The van der Waals surface area contributed by atoms with E-state index in [1.807, 2.05) is 20.8 Å². The summed E-state index contributed by atoms with van der Waals surface area (Å²) in [5.74, 6) is -3.00. The number of benzene rings is 2. The maximum atomic E-state index is 13.4. The van der Waals surface area contributed by atoms with Crippen LogP contribution in [0, 0.1) is 11.8 Å². The zero-order valence-electron chi connectivity index (χ0n) is 35.9. The second kappa shape index (κ2) is 23.0. The lowest BCUT2D eigenvalue weighted by atomic mass is 9.83. The van der Waals surface area contributed by atoms with E-state index >= 15 is 0 Å². The Labute approximate surface area is 358 Å². The Hall–Kier alpha value is -3.62. The second-order valence-electron chi connectivity index (χ2n) is 17.5. The van der Waals surface area contributed by atoms with E-state index < -0.39 is 22.7 Å². The first-order chi connectivity index (χ1) is 28.3. The van der Waals surface area contributed by atoms with Gasteiger partial charge in [0, 0.05) is 88.2 Å². The first-order valence-corrected chi connectivity index (χ1v) is 21.7. The lowest BCUT2D eigenvalue weighted by molar-refractivity contribution is -0.0592. The number of alkyl carbamates (subject to hydrolysis) is 1. The molecular weight excluding hydrogens is 804 g/mol. The molecule has 6 rings (SSSR count). The van der Waals surface area contributed by atoms with E-state index in [-0.39, 0.29) is 49.8 Å². The number of methoxy groups -OCH3 is 2. The van der Waals surface area contributed by atoms with Crippen LogP contribution in [0.4, 0.5) is 22.4 Å². The van der Waals surface area contributed by atoms with Gasteiger partial charge in [-0.1, -0.05) is 25.7 Å². The van der Waals surface area contributed by atoms with Crippen LogP contribution in [0.3, 0.4) is 0 Å². The van der Waals surface area contributed by atoms with Crippen LogP contribution < -0.4 is 20.1 Å². The van der Waals surface area contributed by atoms with Crippen LogP contribution in [0.5, 0.6) is 11.5 Å². The van der Waals surface area contributed by atoms with Gasteiger partial charge in [0.2, 0.25) is 0 Å². The van der Waals surface area contributed by atoms with Crippen molar-refractivity contribution in [2.75, 3.05) is 53.5 Å². The molecule has 2 aromatic rings. The van der Waals surface area contributed by atoms with E-state index in [0.717, 1.165) is 70.2 Å². The molecule has 2 saturated carbocycles. The highest BCUT2D eigenvalue weighted by atomic mass is 35.5. The zero-order chi connectivity index (χ0) is 43.9.